The second-order valence-corrected chi connectivity index (χ2v) is 8.02. The maximum absolute atomic E-state index is 14.0. The molecule has 1 amide bonds. The van der Waals surface area contributed by atoms with E-state index in [0.717, 1.165) is 0 Å². The maximum atomic E-state index is 14.0. The first-order chi connectivity index (χ1) is 16.5. The van der Waals surface area contributed by atoms with Crippen LogP contribution >= 0.6 is 0 Å². The van der Waals surface area contributed by atoms with Gasteiger partial charge in [0.2, 0.25) is 5.95 Å². The number of benzene rings is 1. The molecule has 2 aliphatic heterocycles. The van der Waals surface area contributed by atoms with E-state index in [4.69, 9.17) is 9.47 Å². The summed E-state index contributed by atoms with van der Waals surface area (Å²) in [5.41, 5.74) is 0.963. The summed E-state index contributed by atoms with van der Waals surface area (Å²) < 4.78 is 39.6. The Morgan fingerprint density at radius 3 is 2.26 bits per heavy atom. The van der Waals surface area contributed by atoms with Crippen LogP contribution in [-0.4, -0.2) is 90.1 Å². The lowest BCUT2D eigenvalue weighted by atomic mass is 10.3. The molecule has 2 saturated heterocycles. The number of hydrogen-bond donors (Lipinski definition) is 0. The third kappa shape index (κ3) is 4.20. The Bertz CT molecular complexity index is 1170. The number of hydrogen-bond acceptors (Lipinski definition) is 8. The van der Waals surface area contributed by atoms with Crippen molar-refractivity contribution in [2.45, 2.75) is 6.43 Å². The summed E-state index contributed by atoms with van der Waals surface area (Å²) in [6.07, 6.45) is -3.17. The zero-order valence-corrected chi connectivity index (χ0v) is 18.7. The molecule has 12 heteroatoms. The fourth-order valence-corrected chi connectivity index (χ4v) is 4.27. The van der Waals surface area contributed by atoms with Gasteiger partial charge in [-0.15, -0.1) is 0 Å². The summed E-state index contributed by atoms with van der Waals surface area (Å²) in [7, 11) is 1.36. The van der Waals surface area contributed by atoms with Crippen molar-refractivity contribution in [1.29, 1.82) is 0 Å². The standard InChI is InChI=1S/C22H25F2N7O3/c1-33-22(32)30-8-6-28(7-9-30)17-14-18(29-10-12-34-13-11-29)27-21(26-17)31-16-5-3-2-4-15(16)25-20(31)19(23)24/h2-5,14,19H,6-13H2,1H3. The zero-order chi connectivity index (χ0) is 23.7. The molecule has 0 spiro atoms. The van der Waals surface area contributed by atoms with Crippen molar-refractivity contribution in [3.05, 3.63) is 36.2 Å². The lowest BCUT2D eigenvalue weighted by Crippen LogP contribution is -2.49. The molecular formula is C22H25F2N7O3. The molecule has 180 valence electrons. The Balaban J connectivity index is 1.58. The molecule has 0 radical (unpaired) electrons. The third-order valence-corrected chi connectivity index (χ3v) is 6.04. The molecule has 2 aromatic heterocycles. The highest BCUT2D eigenvalue weighted by molar-refractivity contribution is 5.78. The van der Waals surface area contributed by atoms with Gasteiger partial charge in [-0.2, -0.15) is 9.97 Å². The van der Waals surface area contributed by atoms with Crippen molar-refractivity contribution in [2.75, 3.05) is 69.4 Å². The normalized spacial score (nSPS) is 17.0. The lowest BCUT2D eigenvalue weighted by Gasteiger charge is -2.35. The van der Waals surface area contributed by atoms with Gasteiger partial charge in [0.25, 0.3) is 6.43 Å². The first-order valence-corrected chi connectivity index (χ1v) is 11.1. The van der Waals surface area contributed by atoms with Crippen LogP contribution in [0.2, 0.25) is 0 Å². The van der Waals surface area contributed by atoms with Gasteiger partial charge in [0.05, 0.1) is 31.4 Å². The number of methoxy groups -OCH3 is 1. The molecule has 0 unspecified atom stereocenters. The van der Waals surface area contributed by atoms with Crippen molar-refractivity contribution in [2.24, 2.45) is 0 Å². The number of nitrogens with zero attached hydrogens (tertiary/aromatic N) is 7. The van der Waals surface area contributed by atoms with Crippen LogP contribution in [0.4, 0.5) is 25.2 Å². The lowest BCUT2D eigenvalue weighted by molar-refractivity contribution is 0.121. The number of morpholine rings is 1. The van der Waals surface area contributed by atoms with Gasteiger partial charge in [-0.3, -0.25) is 4.57 Å². The molecule has 3 aromatic rings. The zero-order valence-electron chi connectivity index (χ0n) is 18.7. The smallest absolute Gasteiger partial charge is 0.409 e. The number of para-hydroxylation sites is 2. The fraction of sp³-hybridized carbons (Fsp3) is 0.455. The summed E-state index contributed by atoms with van der Waals surface area (Å²) in [4.78, 5) is 31.1. The molecule has 2 fully saturated rings. The molecule has 2 aliphatic rings. The Hall–Kier alpha value is -3.54. The third-order valence-electron chi connectivity index (χ3n) is 6.04. The number of amides is 1. The van der Waals surface area contributed by atoms with Gasteiger partial charge >= 0.3 is 6.09 Å². The number of ether oxygens (including phenoxy) is 2. The molecular weight excluding hydrogens is 448 g/mol. The maximum Gasteiger partial charge on any atom is 0.409 e. The molecule has 0 bridgehead atoms. The second kappa shape index (κ2) is 9.37. The molecule has 10 nitrogen and oxygen atoms in total. The minimum absolute atomic E-state index is 0.137. The van der Waals surface area contributed by atoms with Crippen molar-refractivity contribution in [3.63, 3.8) is 0 Å². The van der Waals surface area contributed by atoms with Crippen LogP contribution in [0.5, 0.6) is 0 Å². The highest BCUT2D eigenvalue weighted by Gasteiger charge is 2.27. The molecule has 0 atom stereocenters. The van der Waals surface area contributed by atoms with Gasteiger partial charge in [-0.1, -0.05) is 12.1 Å². The number of anilines is 2. The number of carbonyl (C=O) groups is 1. The van der Waals surface area contributed by atoms with E-state index in [-0.39, 0.29) is 12.0 Å². The van der Waals surface area contributed by atoms with Gasteiger partial charge in [0, 0.05) is 45.3 Å². The highest BCUT2D eigenvalue weighted by Crippen LogP contribution is 2.29. The molecule has 1 aromatic carbocycles. The van der Waals surface area contributed by atoms with Gasteiger partial charge in [-0.05, 0) is 12.1 Å². The average molecular weight is 473 g/mol. The van der Waals surface area contributed by atoms with E-state index in [1.165, 1.54) is 11.7 Å². The Morgan fingerprint density at radius 1 is 0.971 bits per heavy atom. The Morgan fingerprint density at radius 2 is 1.62 bits per heavy atom. The van der Waals surface area contributed by atoms with Crippen LogP contribution in [0.1, 0.15) is 12.2 Å². The number of rotatable bonds is 4. The number of carbonyl (C=O) groups excluding carboxylic acids is 1. The summed E-state index contributed by atoms with van der Waals surface area (Å²) >= 11 is 0. The van der Waals surface area contributed by atoms with E-state index < -0.39 is 12.2 Å². The van der Waals surface area contributed by atoms with Gasteiger partial charge in [0.1, 0.15) is 11.6 Å². The SMILES string of the molecule is COC(=O)N1CCN(c2cc(N3CCOCC3)nc(-n3c(C(F)F)nc4ccccc43)n2)CC1. The van der Waals surface area contributed by atoms with Crippen LogP contribution in [0.25, 0.3) is 17.0 Å². The number of fused-ring (bicyclic) bond motifs is 1. The molecule has 34 heavy (non-hydrogen) atoms. The van der Waals surface area contributed by atoms with Crippen LogP contribution in [0, 0.1) is 0 Å². The van der Waals surface area contributed by atoms with E-state index in [1.807, 2.05) is 11.0 Å². The van der Waals surface area contributed by atoms with Crippen molar-refractivity contribution in [1.82, 2.24) is 24.4 Å². The largest absolute Gasteiger partial charge is 0.453 e. The molecule has 0 saturated carbocycles. The number of piperazine rings is 1. The minimum atomic E-state index is -2.80. The first-order valence-electron chi connectivity index (χ1n) is 11.1. The Kier molecular flexibility index (Phi) is 6.14. The minimum Gasteiger partial charge on any atom is -0.453 e. The molecule has 5 rings (SSSR count). The van der Waals surface area contributed by atoms with Crippen LogP contribution < -0.4 is 9.80 Å². The predicted molar refractivity (Wildman–Crippen MR) is 121 cm³/mol. The Labute approximate surface area is 194 Å². The van der Waals surface area contributed by atoms with Crippen molar-refractivity contribution >= 4 is 28.8 Å². The topological polar surface area (TPSA) is 88.9 Å². The predicted octanol–water partition coefficient (Wildman–Crippen LogP) is 2.48. The average Bonchev–Trinajstić information content (AvgIpc) is 3.29. The van der Waals surface area contributed by atoms with Crippen molar-refractivity contribution < 1.29 is 23.0 Å². The highest BCUT2D eigenvalue weighted by atomic mass is 19.3. The summed E-state index contributed by atoms with van der Waals surface area (Å²) in [6, 6.07) is 8.81. The van der Waals surface area contributed by atoms with Crippen LogP contribution in [0.15, 0.2) is 30.3 Å². The number of imidazole rings is 1. The van der Waals surface area contributed by atoms with E-state index in [2.05, 4.69) is 19.9 Å². The van der Waals surface area contributed by atoms with Crippen molar-refractivity contribution in [3.8, 4) is 5.95 Å². The number of alkyl halides is 2. The van der Waals surface area contributed by atoms with Gasteiger partial charge < -0.3 is 24.2 Å². The first kappa shape index (κ1) is 22.3. The van der Waals surface area contributed by atoms with E-state index in [1.54, 1.807) is 29.2 Å². The summed E-state index contributed by atoms with van der Waals surface area (Å²) in [5.74, 6) is 0.978. The van der Waals surface area contributed by atoms with Crippen LogP contribution in [0.3, 0.4) is 0 Å². The summed E-state index contributed by atoms with van der Waals surface area (Å²) in [5, 5.41) is 0. The van der Waals surface area contributed by atoms with Gasteiger partial charge in [-0.25, -0.2) is 18.6 Å². The van der Waals surface area contributed by atoms with E-state index >= 15 is 0 Å². The number of aromatic nitrogens is 4. The molecule has 0 aliphatic carbocycles. The second-order valence-electron chi connectivity index (χ2n) is 8.02. The fourth-order valence-electron chi connectivity index (χ4n) is 4.27. The van der Waals surface area contributed by atoms with Gasteiger partial charge in [0.15, 0.2) is 5.82 Å². The van der Waals surface area contributed by atoms with E-state index in [9.17, 15) is 13.6 Å². The monoisotopic (exact) mass is 473 g/mol. The quantitative estimate of drug-likeness (QED) is 0.571. The molecule has 0 N–H and O–H groups in total. The van der Waals surface area contributed by atoms with Crippen LogP contribution in [-0.2, 0) is 9.47 Å². The summed E-state index contributed by atoms with van der Waals surface area (Å²) in [6.45, 7) is 4.38. The van der Waals surface area contributed by atoms with E-state index in [0.29, 0.717) is 75.2 Å². The molecule has 4 heterocycles. The number of halogens is 2.